The Morgan fingerprint density at radius 3 is 3.05 bits per heavy atom. The van der Waals surface area contributed by atoms with Crippen LogP contribution >= 0.6 is 11.6 Å². The van der Waals surface area contributed by atoms with E-state index in [-0.39, 0.29) is 16.5 Å². The van der Waals surface area contributed by atoms with E-state index in [9.17, 15) is 4.39 Å². The van der Waals surface area contributed by atoms with Crippen molar-refractivity contribution >= 4 is 11.6 Å². The second-order valence-electron chi connectivity index (χ2n) is 3.91. The molecule has 0 aliphatic carbocycles. The van der Waals surface area contributed by atoms with E-state index >= 15 is 0 Å². The predicted molar refractivity (Wildman–Crippen MR) is 70.5 cm³/mol. The summed E-state index contributed by atoms with van der Waals surface area (Å²) < 4.78 is 23.9. The SMILES string of the molecule is COCCNCc1coc(-c2c(F)cccc2Cl)n1. The molecular weight excluding hydrogens is 271 g/mol. The van der Waals surface area contributed by atoms with Crippen LogP contribution in [0.1, 0.15) is 5.69 Å². The first-order chi connectivity index (χ1) is 9.22. The molecule has 0 saturated carbocycles. The minimum absolute atomic E-state index is 0.187. The van der Waals surface area contributed by atoms with Crippen molar-refractivity contribution < 1.29 is 13.5 Å². The average molecular weight is 285 g/mol. The van der Waals surface area contributed by atoms with Crippen LogP contribution in [0.3, 0.4) is 0 Å². The van der Waals surface area contributed by atoms with Gasteiger partial charge in [0.05, 0.1) is 22.9 Å². The van der Waals surface area contributed by atoms with Crippen molar-refractivity contribution in [3.8, 4) is 11.5 Å². The molecule has 1 heterocycles. The molecule has 2 aromatic rings. The van der Waals surface area contributed by atoms with Crippen molar-refractivity contribution in [2.45, 2.75) is 6.54 Å². The highest BCUT2D eigenvalue weighted by molar-refractivity contribution is 6.33. The summed E-state index contributed by atoms with van der Waals surface area (Å²) in [6, 6.07) is 4.46. The van der Waals surface area contributed by atoms with Gasteiger partial charge in [0.2, 0.25) is 5.89 Å². The summed E-state index contributed by atoms with van der Waals surface area (Å²) in [5.74, 6) is -0.264. The molecule has 0 saturated heterocycles. The fraction of sp³-hybridized carbons (Fsp3) is 0.308. The molecule has 0 bridgehead atoms. The lowest BCUT2D eigenvalue weighted by Gasteiger charge is -2.01. The molecule has 0 spiro atoms. The Balaban J connectivity index is 2.08. The van der Waals surface area contributed by atoms with E-state index in [1.54, 1.807) is 13.2 Å². The number of hydrogen-bond donors (Lipinski definition) is 1. The number of ether oxygens (including phenoxy) is 1. The topological polar surface area (TPSA) is 47.3 Å². The lowest BCUT2D eigenvalue weighted by molar-refractivity contribution is 0.199. The summed E-state index contributed by atoms with van der Waals surface area (Å²) in [5, 5.41) is 3.40. The zero-order valence-electron chi connectivity index (χ0n) is 10.5. The highest BCUT2D eigenvalue weighted by Gasteiger charge is 2.15. The third kappa shape index (κ3) is 3.53. The quantitative estimate of drug-likeness (QED) is 0.829. The smallest absolute Gasteiger partial charge is 0.230 e. The molecule has 1 N–H and O–H groups in total. The van der Waals surface area contributed by atoms with Gasteiger partial charge in [-0.3, -0.25) is 0 Å². The molecule has 0 radical (unpaired) electrons. The van der Waals surface area contributed by atoms with Gasteiger partial charge in [-0.1, -0.05) is 17.7 Å². The van der Waals surface area contributed by atoms with Crippen LogP contribution in [-0.2, 0) is 11.3 Å². The predicted octanol–water partition coefficient (Wildman–Crippen LogP) is 2.87. The van der Waals surface area contributed by atoms with Crippen molar-refractivity contribution in [3.05, 3.63) is 41.0 Å². The van der Waals surface area contributed by atoms with Gasteiger partial charge in [-0.15, -0.1) is 0 Å². The molecule has 0 unspecified atom stereocenters. The van der Waals surface area contributed by atoms with Gasteiger partial charge in [-0.05, 0) is 12.1 Å². The summed E-state index contributed by atoms with van der Waals surface area (Å²) >= 11 is 5.95. The van der Waals surface area contributed by atoms with Crippen LogP contribution in [0.4, 0.5) is 4.39 Å². The maximum absolute atomic E-state index is 13.7. The molecule has 102 valence electrons. The molecule has 1 aromatic heterocycles. The first-order valence-electron chi connectivity index (χ1n) is 5.81. The highest BCUT2D eigenvalue weighted by atomic mass is 35.5. The number of nitrogens with one attached hydrogen (secondary N) is 1. The molecule has 19 heavy (non-hydrogen) atoms. The Labute approximate surface area is 115 Å². The van der Waals surface area contributed by atoms with E-state index in [0.717, 1.165) is 0 Å². The van der Waals surface area contributed by atoms with E-state index in [4.69, 9.17) is 20.8 Å². The number of methoxy groups -OCH3 is 1. The Hall–Kier alpha value is -1.43. The van der Waals surface area contributed by atoms with E-state index in [0.29, 0.717) is 25.4 Å². The fourth-order valence-corrected chi connectivity index (χ4v) is 1.84. The standard InChI is InChI=1S/C13H14ClFN2O2/c1-18-6-5-16-7-9-8-19-13(17-9)12-10(14)3-2-4-11(12)15/h2-4,8,16H,5-7H2,1H3. The van der Waals surface area contributed by atoms with E-state index in [2.05, 4.69) is 10.3 Å². The number of benzene rings is 1. The molecule has 0 aliphatic heterocycles. The van der Waals surface area contributed by atoms with Crippen LogP contribution in [0.2, 0.25) is 5.02 Å². The highest BCUT2D eigenvalue weighted by Crippen LogP contribution is 2.29. The van der Waals surface area contributed by atoms with Crippen molar-refractivity contribution in [1.82, 2.24) is 10.3 Å². The largest absolute Gasteiger partial charge is 0.444 e. The van der Waals surface area contributed by atoms with Gasteiger partial charge in [-0.2, -0.15) is 0 Å². The van der Waals surface area contributed by atoms with Crippen LogP contribution in [-0.4, -0.2) is 25.2 Å². The van der Waals surface area contributed by atoms with Gasteiger partial charge >= 0.3 is 0 Å². The van der Waals surface area contributed by atoms with Crippen molar-refractivity contribution in [2.75, 3.05) is 20.3 Å². The third-order valence-electron chi connectivity index (χ3n) is 2.52. The molecule has 0 fully saturated rings. The molecule has 6 heteroatoms. The summed E-state index contributed by atoms with van der Waals surface area (Å²) in [5.41, 5.74) is 0.873. The van der Waals surface area contributed by atoms with Crippen LogP contribution in [0, 0.1) is 5.82 Å². The van der Waals surface area contributed by atoms with Crippen LogP contribution in [0.25, 0.3) is 11.5 Å². The number of nitrogens with zero attached hydrogens (tertiary/aromatic N) is 1. The first kappa shape index (κ1) is 14.0. The summed E-state index contributed by atoms with van der Waals surface area (Å²) in [4.78, 5) is 4.21. The zero-order valence-corrected chi connectivity index (χ0v) is 11.2. The monoisotopic (exact) mass is 284 g/mol. The second kappa shape index (κ2) is 6.65. The van der Waals surface area contributed by atoms with Crippen molar-refractivity contribution in [2.24, 2.45) is 0 Å². The Morgan fingerprint density at radius 1 is 1.47 bits per heavy atom. The summed E-state index contributed by atoms with van der Waals surface area (Å²) in [6.07, 6.45) is 1.48. The Kier molecular flexibility index (Phi) is 4.90. The lowest BCUT2D eigenvalue weighted by Crippen LogP contribution is -2.18. The van der Waals surface area contributed by atoms with Crippen molar-refractivity contribution in [1.29, 1.82) is 0 Å². The molecule has 4 nitrogen and oxygen atoms in total. The van der Waals surface area contributed by atoms with E-state index in [1.807, 2.05) is 0 Å². The molecule has 0 amide bonds. The van der Waals surface area contributed by atoms with Crippen molar-refractivity contribution in [3.63, 3.8) is 0 Å². The van der Waals surface area contributed by atoms with Gasteiger partial charge in [0.25, 0.3) is 0 Å². The number of oxazole rings is 1. The van der Waals surface area contributed by atoms with Crippen LogP contribution in [0.15, 0.2) is 28.9 Å². The third-order valence-corrected chi connectivity index (χ3v) is 2.83. The molecule has 0 aliphatic rings. The Bertz CT molecular complexity index is 525. The molecule has 2 rings (SSSR count). The maximum atomic E-state index is 13.7. The first-order valence-corrected chi connectivity index (χ1v) is 6.18. The molecular formula is C13H14ClFN2O2. The normalized spacial score (nSPS) is 10.9. The molecule has 0 atom stereocenters. The molecule has 1 aromatic carbocycles. The van der Waals surface area contributed by atoms with E-state index in [1.165, 1.54) is 18.4 Å². The number of halogens is 2. The zero-order chi connectivity index (χ0) is 13.7. The summed E-state index contributed by atoms with van der Waals surface area (Å²) in [7, 11) is 1.63. The fourth-order valence-electron chi connectivity index (χ4n) is 1.60. The number of rotatable bonds is 6. The second-order valence-corrected chi connectivity index (χ2v) is 4.32. The van der Waals surface area contributed by atoms with Gasteiger partial charge in [-0.25, -0.2) is 9.37 Å². The minimum atomic E-state index is -0.451. The number of aromatic nitrogens is 1. The van der Waals surface area contributed by atoms with Gasteiger partial charge in [0, 0.05) is 20.2 Å². The van der Waals surface area contributed by atoms with E-state index < -0.39 is 5.82 Å². The van der Waals surface area contributed by atoms with Gasteiger partial charge in [0.15, 0.2) is 0 Å². The number of hydrogen-bond acceptors (Lipinski definition) is 4. The maximum Gasteiger partial charge on any atom is 0.230 e. The van der Waals surface area contributed by atoms with Crippen LogP contribution < -0.4 is 5.32 Å². The van der Waals surface area contributed by atoms with Crippen LogP contribution in [0.5, 0.6) is 0 Å². The van der Waals surface area contributed by atoms with Gasteiger partial charge < -0.3 is 14.5 Å². The summed E-state index contributed by atoms with van der Waals surface area (Å²) in [6.45, 7) is 1.85. The Morgan fingerprint density at radius 2 is 2.32 bits per heavy atom. The average Bonchev–Trinajstić information content (AvgIpc) is 2.83. The minimum Gasteiger partial charge on any atom is -0.444 e. The van der Waals surface area contributed by atoms with Gasteiger partial charge in [0.1, 0.15) is 12.1 Å². The lowest BCUT2D eigenvalue weighted by atomic mass is 10.2.